The van der Waals surface area contributed by atoms with Gasteiger partial charge in [-0.3, -0.25) is 9.69 Å². The molecule has 1 fully saturated rings. The van der Waals surface area contributed by atoms with Crippen LogP contribution in [0.5, 0.6) is 0 Å². The van der Waals surface area contributed by atoms with Crippen LogP contribution in [0.25, 0.3) is 17.1 Å². The molecule has 34 heavy (non-hydrogen) atoms. The Bertz CT molecular complexity index is 1250. The van der Waals surface area contributed by atoms with Gasteiger partial charge in [-0.15, -0.1) is 0 Å². The molecular weight excluding hydrogens is 424 g/mol. The molecule has 6 nitrogen and oxygen atoms in total. The summed E-state index contributed by atoms with van der Waals surface area (Å²) in [5.41, 5.74) is 5.63. The maximum atomic E-state index is 13.4. The van der Waals surface area contributed by atoms with Crippen LogP contribution in [0.1, 0.15) is 40.0 Å². The number of piperidine rings is 1. The molecule has 1 saturated heterocycles. The van der Waals surface area contributed by atoms with E-state index in [1.54, 1.807) is 10.9 Å². The molecule has 2 aromatic heterocycles. The topological polar surface area (TPSA) is 63.3 Å². The summed E-state index contributed by atoms with van der Waals surface area (Å²) in [4.78, 5) is 15.9. The summed E-state index contributed by atoms with van der Waals surface area (Å²) in [5, 5.41) is 8.00. The van der Waals surface area contributed by atoms with Crippen molar-refractivity contribution in [1.29, 1.82) is 0 Å². The predicted molar refractivity (Wildman–Crippen MR) is 133 cm³/mol. The monoisotopic (exact) mass is 454 g/mol. The van der Waals surface area contributed by atoms with Crippen LogP contribution in [0.4, 0.5) is 0 Å². The van der Waals surface area contributed by atoms with Crippen LogP contribution in [0, 0.1) is 13.8 Å². The van der Waals surface area contributed by atoms with Crippen molar-refractivity contribution in [2.45, 2.75) is 39.3 Å². The molecule has 4 aromatic rings. The Morgan fingerprint density at radius 1 is 1.03 bits per heavy atom. The van der Waals surface area contributed by atoms with Crippen molar-refractivity contribution in [3.63, 3.8) is 0 Å². The number of amides is 1. The smallest absolute Gasteiger partial charge is 0.270 e. The van der Waals surface area contributed by atoms with Crippen LogP contribution in [-0.2, 0) is 6.54 Å². The van der Waals surface area contributed by atoms with Crippen molar-refractivity contribution in [3.8, 4) is 17.1 Å². The van der Waals surface area contributed by atoms with Gasteiger partial charge in [-0.05, 0) is 56.0 Å². The summed E-state index contributed by atoms with van der Waals surface area (Å²) in [5.74, 6) is 0.540. The van der Waals surface area contributed by atoms with Gasteiger partial charge in [-0.1, -0.05) is 48.0 Å². The summed E-state index contributed by atoms with van der Waals surface area (Å²) in [6, 6.07) is 22.4. The average Bonchev–Trinajstić information content (AvgIpc) is 3.51. The highest BCUT2D eigenvalue weighted by atomic mass is 16.3. The fourth-order valence-electron chi connectivity index (χ4n) is 4.65. The summed E-state index contributed by atoms with van der Waals surface area (Å²) in [6.45, 7) is 6.99. The van der Waals surface area contributed by atoms with Gasteiger partial charge in [0.25, 0.3) is 5.91 Å². The largest absolute Gasteiger partial charge is 0.463 e. The third-order valence-electron chi connectivity index (χ3n) is 6.47. The molecule has 3 heterocycles. The number of aryl methyl sites for hydroxylation is 2. The van der Waals surface area contributed by atoms with Gasteiger partial charge in [0, 0.05) is 31.7 Å². The molecule has 0 radical (unpaired) electrons. The molecular formula is C28H30N4O2. The summed E-state index contributed by atoms with van der Waals surface area (Å²) >= 11 is 0. The van der Waals surface area contributed by atoms with E-state index in [9.17, 15) is 4.79 Å². The lowest BCUT2D eigenvalue weighted by Gasteiger charge is -2.32. The first-order valence-corrected chi connectivity index (χ1v) is 11.9. The molecule has 1 N–H and O–H groups in total. The van der Waals surface area contributed by atoms with Crippen LogP contribution < -0.4 is 5.32 Å². The molecule has 0 spiro atoms. The van der Waals surface area contributed by atoms with Crippen LogP contribution in [0.3, 0.4) is 0 Å². The molecule has 0 atom stereocenters. The zero-order chi connectivity index (χ0) is 23.5. The van der Waals surface area contributed by atoms with Crippen molar-refractivity contribution >= 4 is 5.91 Å². The Morgan fingerprint density at radius 3 is 2.53 bits per heavy atom. The lowest BCUT2D eigenvalue weighted by molar-refractivity contribution is 0.0901. The van der Waals surface area contributed by atoms with Gasteiger partial charge in [-0.25, -0.2) is 4.68 Å². The van der Waals surface area contributed by atoms with E-state index < -0.39 is 0 Å². The number of furan rings is 1. The molecule has 5 rings (SSSR count). The van der Waals surface area contributed by atoms with Gasteiger partial charge < -0.3 is 9.73 Å². The Labute approximate surface area is 200 Å². The van der Waals surface area contributed by atoms with Gasteiger partial charge >= 0.3 is 0 Å². The minimum absolute atomic E-state index is 0.105. The first-order chi connectivity index (χ1) is 16.6. The molecule has 6 heteroatoms. The first-order valence-electron chi connectivity index (χ1n) is 11.9. The molecule has 0 aliphatic carbocycles. The number of aromatic nitrogens is 2. The van der Waals surface area contributed by atoms with Crippen molar-refractivity contribution in [1.82, 2.24) is 20.0 Å². The Kier molecular flexibility index (Phi) is 6.32. The number of hydrogen-bond acceptors (Lipinski definition) is 4. The van der Waals surface area contributed by atoms with Crippen molar-refractivity contribution in [2.75, 3.05) is 13.1 Å². The number of hydrogen-bond donors (Lipinski definition) is 1. The third kappa shape index (κ3) is 4.82. The lowest BCUT2D eigenvalue weighted by atomic mass is 10.0. The summed E-state index contributed by atoms with van der Waals surface area (Å²) in [6.07, 6.45) is 3.48. The second-order valence-electron chi connectivity index (χ2n) is 9.10. The highest BCUT2D eigenvalue weighted by Gasteiger charge is 2.25. The maximum absolute atomic E-state index is 13.4. The number of nitrogens with one attached hydrogen (secondary N) is 1. The molecule has 1 aliphatic rings. The first kappa shape index (κ1) is 22.2. The van der Waals surface area contributed by atoms with E-state index in [0.717, 1.165) is 43.7 Å². The van der Waals surface area contributed by atoms with E-state index in [2.05, 4.69) is 47.5 Å². The number of carbonyl (C=O) groups excluding carboxylic acids is 1. The minimum atomic E-state index is -0.105. The fraction of sp³-hybridized carbons (Fsp3) is 0.286. The summed E-state index contributed by atoms with van der Waals surface area (Å²) < 4.78 is 7.29. The fourth-order valence-corrected chi connectivity index (χ4v) is 4.65. The number of benzene rings is 2. The van der Waals surface area contributed by atoms with Crippen LogP contribution >= 0.6 is 0 Å². The molecule has 174 valence electrons. The van der Waals surface area contributed by atoms with E-state index in [4.69, 9.17) is 9.52 Å². The number of carbonyl (C=O) groups is 1. The molecule has 0 unspecified atom stereocenters. The molecule has 0 bridgehead atoms. The van der Waals surface area contributed by atoms with E-state index in [1.807, 2.05) is 43.3 Å². The second kappa shape index (κ2) is 9.69. The van der Waals surface area contributed by atoms with Gasteiger partial charge in [0.15, 0.2) is 5.76 Å². The number of nitrogens with zero attached hydrogens (tertiary/aromatic N) is 3. The Morgan fingerprint density at radius 2 is 1.82 bits per heavy atom. The van der Waals surface area contributed by atoms with Crippen LogP contribution in [0.15, 0.2) is 77.4 Å². The van der Waals surface area contributed by atoms with Crippen LogP contribution in [0.2, 0.25) is 0 Å². The molecule has 1 amide bonds. The van der Waals surface area contributed by atoms with Gasteiger partial charge in [0.1, 0.15) is 11.4 Å². The minimum Gasteiger partial charge on any atom is -0.463 e. The van der Waals surface area contributed by atoms with Crippen molar-refractivity contribution in [3.05, 3.63) is 95.4 Å². The highest BCUT2D eigenvalue weighted by Crippen LogP contribution is 2.25. The Hall–Kier alpha value is -3.64. The number of likely N-dealkylation sites (tertiary alicyclic amines) is 1. The standard InChI is InChI=1S/C28H30N4O2/c1-20-10-11-25(21(2)17-20)32-26(18-24(30-32)27-9-6-16-34-27)28(33)29-23-12-14-31(15-13-23)19-22-7-4-3-5-8-22/h3-11,16-18,23H,12-15,19H2,1-2H3,(H,29,33). The third-order valence-corrected chi connectivity index (χ3v) is 6.47. The van der Waals surface area contributed by atoms with E-state index in [0.29, 0.717) is 17.1 Å². The Balaban J connectivity index is 1.32. The average molecular weight is 455 g/mol. The second-order valence-corrected chi connectivity index (χ2v) is 9.10. The zero-order valence-corrected chi connectivity index (χ0v) is 19.7. The highest BCUT2D eigenvalue weighted by molar-refractivity contribution is 5.94. The molecule has 2 aromatic carbocycles. The van der Waals surface area contributed by atoms with E-state index in [-0.39, 0.29) is 11.9 Å². The normalized spacial score (nSPS) is 14.9. The summed E-state index contributed by atoms with van der Waals surface area (Å²) in [7, 11) is 0. The van der Waals surface area contributed by atoms with Crippen molar-refractivity contribution in [2.24, 2.45) is 0 Å². The van der Waals surface area contributed by atoms with Gasteiger partial charge in [0.2, 0.25) is 0 Å². The quantitative estimate of drug-likeness (QED) is 0.438. The predicted octanol–water partition coefficient (Wildman–Crippen LogP) is 5.14. The van der Waals surface area contributed by atoms with Gasteiger partial charge in [0.05, 0.1) is 12.0 Å². The van der Waals surface area contributed by atoms with Crippen molar-refractivity contribution < 1.29 is 9.21 Å². The van der Waals surface area contributed by atoms with Gasteiger partial charge in [-0.2, -0.15) is 5.10 Å². The SMILES string of the molecule is Cc1ccc(-n2nc(-c3ccco3)cc2C(=O)NC2CCN(Cc3ccccc3)CC2)c(C)c1. The lowest BCUT2D eigenvalue weighted by Crippen LogP contribution is -2.44. The maximum Gasteiger partial charge on any atom is 0.270 e. The molecule has 1 aliphatic heterocycles. The van der Waals surface area contributed by atoms with E-state index >= 15 is 0 Å². The number of rotatable bonds is 6. The molecule has 0 saturated carbocycles. The van der Waals surface area contributed by atoms with E-state index in [1.165, 1.54) is 11.1 Å². The zero-order valence-electron chi connectivity index (χ0n) is 19.7. The van der Waals surface area contributed by atoms with Crippen LogP contribution in [-0.4, -0.2) is 39.7 Å².